The highest BCUT2D eigenvalue weighted by Gasteiger charge is 2.50. The van der Waals surface area contributed by atoms with E-state index in [-0.39, 0.29) is 18.3 Å². The Morgan fingerprint density at radius 3 is 2.06 bits per heavy atom. The number of nitrogens with one attached hydrogen (secondary N) is 1. The number of hydrogen-bond donors (Lipinski definition) is 1. The molecule has 0 aromatic heterocycles. The first kappa shape index (κ1) is 13.4. The van der Waals surface area contributed by atoms with Gasteiger partial charge in [0.1, 0.15) is 0 Å². The molecule has 1 heterocycles. The van der Waals surface area contributed by atoms with Crippen LogP contribution >= 0.6 is 0 Å². The van der Waals surface area contributed by atoms with Gasteiger partial charge in [0.2, 0.25) is 0 Å². The molecule has 0 amide bonds. The lowest BCUT2D eigenvalue weighted by Crippen LogP contribution is -2.41. The van der Waals surface area contributed by atoms with E-state index in [2.05, 4.69) is 33.0 Å². The Balaban J connectivity index is 1.77. The van der Waals surface area contributed by atoms with Crippen LogP contribution in [-0.2, 0) is 9.31 Å². The van der Waals surface area contributed by atoms with Gasteiger partial charge >= 0.3 is 7.12 Å². The molecule has 4 heteroatoms. The molecule has 2 aliphatic rings. The molecule has 1 aliphatic heterocycles. The summed E-state index contributed by atoms with van der Waals surface area (Å²) in [5.41, 5.74) is -0.405. The highest BCUT2D eigenvalue weighted by atomic mass is 16.7. The second-order valence-corrected chi connectivity index (χ2v) is 6.43. The summed E-state index contributed by atoms with van der Waals surface area (Å²) in [6.07, 6.45) is 7.55. The third-order valence-corrected chi connectivity index (χ3v) is 4.48. The molecule has 2 rings (SSSR count). The largest absolute Gasteiger partial charge is 0.472 e. The Bertz CT molecular complexity index is 246. The maximum absolute atomic E-state index is 5.97. The SMILES string of the molecule is CC1(C)OB(CNC2CCCCC2)OC1(C)C. The summed E-state index contributed by atoms with van der Waals surface area (Å²) < 4.78 is 11.9. The van der Waals surface area contributed by atoms with Gasteiger partial charge in [-0.15, -0.1) is 0 Å². The van der Waals surface area contributed by atoms with E-state index in [1.54, 1.807) is 0 Å². The lowest BCUT2D eigenvalue weighted by molar-refractivity contribution is 0.00578. The van der Waals surface area contributed by atoms with Crippen LogP contribution in [0.2, 0.25) is 0 Å². The third kappa shape index (κ3) is 3.04. The van der Waals surface area contributed by atoms with Gasteiger partial charge in [-0.2, -0.15) is 0 Å². The van der Waals surface area contributed by atoms with E-state index in [1.165, 1.54) is 32.1 Å². The van der Waals surface area contributed by atoms with Gasteiger partial charge in [0.25, 0.3) is 0 Å². The van der Waals surface area contributed by atoms with E-state index >= 15 is 0 Å². The third-order valence-electron chi connectivity index (χ3n) is 4.48. The fraction of sp³-hybridized carbons (Fsp3) is 1.00. The summed E-state index contributed by atoms with van der Waals surface area (Å²) >= 11 is 0. The predicted octanol–water partition coefficient (Wildman–Crippen LogP) is 2.54. The quantitative estimate of drug-likeness (QED) is 0.768. The average Bonchev–Trinajstić information content (AvgIpc) is 2.46. The van der Waals surface area contributed by atoms with E-state index in [9.17, 15) is 0 Å². The molecule has 1 saturated carbocycles. The molecule has 0 unspecified atom stereocenters. The molecule has 17 heavy (non-hydrogen) atoms. The van der Waals surface area contributed by atoms with Gasteiger partial charge in [0, 0.05) is 12.5 Å². The maximum atomic E-state index is 5.97. The summed E-state index contributed by atoms with van der Waals surface area (Å²) in [4.78, 5) is 0. The second kappa shape index (κ2) is 4.91. The van der Waals surface area contributed by atoms with Crippen LogP contribution in [0.4, 0.5) is 0 Å². The van der Waals surface area contributed by atoms with Crippen LogP contribution in [0.15, 0.2) is 0 Å². The Kier molecular flexibility index (Phi) is 3.86. The minimum atomic E-state index is -0.202. The molecule has 1 saturated heterocycles. The van der Waals surface area contributed by atoms with E-state index in [0.717, 1.165) is 6.44 Å². The van der Waals surface area contributed by atoms with Gasteiger partial charge in [-0.05, 0) is 40.5 Å². The fourth-order valence-corrected chi connectivity index (χ4v) is 2.62. The lowest BCUT2D eigenvalue weighted by Gasteiger charge is -2.32. The molecule has 2 fully saturated rings. The standard InChI is InChI=1S/C13H26BNO2/c1-12(2)13(3,4)17-14(16-12)10-15-11-8-6-5-7-9-11/h11,15H,5-10H2,1-4H3. The smallest absolute Gasteiger partial charge is 0.402 e. The molecule has 1 aliphatic carbocycles. The van der Waals surface area contributed by atoms with Crippen molar-refractivity contribution in [2.75, 3.05) is 6.44 Å². The molecule has 0 aromatic rings. The normalized spacial score (nSPS) is 28.6. The summed E-state index contributed by atoms with van der Waals surface area (Å²) in [7, 11) is -0.0954. The summed E-state index contributed by atoms with van der Waals surface area (Å²) in [5, 5.41) is 3.59. The first-order valence-electron chi connectivity index (χ1n) is 7.00. The molecule has 1 N–H and O–H groups in total. The van der Waals surface area contributed by atoms with Crippen molar-refractivity contribution < 1.29 is 9.31 Å². The van der Waals surface area contributed by atoms with Crippen molar-refractivity contribution in [1.82, 2.24) is 5.32 Å². The zero-order valence-electron chi connectivity index (χ0n) is 11.7. The van der Waals surface area contributed by atoms with Crippen LogP contribution in [0, 0.1) is 0 Å². The van der Waals surface area contributed by atoms with Crippen LogP contribution in [-0.4, -0.2) is 30.8 Å². The Morgan fingerprint density at radius 1 is 1.00 bits per heavy atom. The Hall–Kier alpha value is -0.0551. The minimum Gasteiger partial charge on any atom is -0.402 e. The van der Waals surface area contributed by atoms with Gasteiger partial charge in [-0.25, -0.2) is 0 Å². The van der Waals surface area contributed by atoms with Gasteiger partial charge in [-0.1, -0.05) is 19.3 Å². The van der Waals surface area contributed by atoms with Crippen LogP contribution in [0.3, 0.4) is 0 Å². The number of hydrogen-bond acceptors (Lipinski definition) is 3. The highest BCUT2D eigenvalue weighted by Crippen LogP contribution is 2.36. The van der Waals surface area contributed by atoms with Gasteiger partial charge in [-0.3, -0.25) is 0 Å². The van der Waals surface area contributed by atoms with Crippen molar-refractivity contribution in [2.24, 2.45) is 0 Å². The van der Waals surface area contributed by atoms with Crippen molar-refractivity contribution >= 4 is 7.12 Å². The summed E-state index contributed by atoms with van der Waals surface area (Å²) in [6, 6.07) is 0.669. The van der Waals surface area contributed by atoms with Crippen LogP contribution in [0.25, 0.3) is 0 Å². The van der Waals surface area contributed by atoms with Gasteiger partial charge in [0.05, 0.1) is 11.2 Å². The van der Waals surface area contributed by atoms with E-state index < -0.39 is 0 Å². The maximum Gasteiger partial charge on any atom is 0.472 e. The zero-order chi connectivity index (χ0) is 12.5. The first-order chi connectivity index (χ1) is 7.91. The van der Waals surface area contributed by atoms with Crippen molar-refractivity contribution in [3.63, 3.8) is 0 Å². The fourth-order valence-electron chi connectivity index (χ4n) is 2.62. The molecule has 0 radical (unpaired) electrons. The predicted molar refractivity (Wildman–Crippen MR) is 71.0 cm³/mol. The van der Waals surface area contributed by atoms with Crippen molar-refractivity contribution in [1.29, 1.82) is 0 Å². The molecule has 0 atom stereocenters. The first-order valence-corrected chi connectivity index (χ1v) is 7.00. The Labute approximate surface area is 106 Å². The summed E-state index contributed by atoms with van der Waals surface area (Å²) in [6.45, 7) is 8.42. The monoisotopic (exact) mass is 239 g/mol. The molecule has 98 valence electrons. The topological polar surface area (TPSA) is 30.5 Å². The highest BCUT2D eigenvalue weighted by molar-refractivity contribution is 6.45. The zero-order valence-corrected chi connectivity index (χ0v) is 11.7. The molecule has 0 bridgehead atoms. The van der Waals surface area contributed by atoms with Gasteiger partial charge < -0.3 is 14.6 Å². The minimum absolute atomic E-state index is 0.0954. The molecule has 0 spiro atoms. The molecule has 3 nitrogen and oxygen atoms in total. The molecular formula is C13H26BNO2. The average molecular weight is 239 g/mol. The number of rotatable bonds is 3. The van der Waals surface area contributed by atoms with Crippen molar-refractivity contribution in [3.05, 3.63) is 0 Å². The van der Waals surface area contributed by atoms with Gasteiger partial charge in [0.15, 0.2) is 0 Å². The molecule has 0 aromatic carbocycles. The van der Waals surface area contributed by atoms with E-state index in [0.29, 0.717) is 6.04 Å². The van der Waals surface area contributed by atoms with E-state index in [4.69, 9.17) is 9.31 Å². The van der Waals surface area contributed by atoms with Crippen molar-refractivity contribution in [3.8, 4) is 0 Å². The molecular weight excluding hydrogens is 213 g/mol. The Morgan fingerprint density at radius 2 is 1.53 bits per heavy atom. The summed E-state index contributed by atoms with van der Waals surface area (Å²) in [5.74, 6) is 0. The van der Waals surface area contributed by atoms with Crippen LogP contribution in [0.5, 0.6) is 0 Å². The van der Waals surface area contributed by atoms with E-state index in [1.807, 2.05) is 0 Å². The van der Waals surface area contributed by atoms with Crippen molar-refractivity contribution in [2.45, 2.75) is 77.0 Å². The lowest BCUT2D eigenvalue weighted by atomic mass is 9.88. The second-order valence-electron chi connectivity index (χ2n) is 6.43. The van der Waals surface area contributed by atoms with Crippen LogP contribution in [0.1, 0.15) is 59.8 Å². The van der Waals surface area contributed by atoms with Crippen LogP contribution < -0.4 is 5.32 Å².